The first-order valence-electron chi connectivity index (χ1n) is 9.65. The fraction of sp³-hybridized carbons (Fsp3) is 0.381. The zero-order valence-corrected chi connectivity index (χ0v) is 18.3. The number of nitrogens with one attached hydrogen (secondary N) is 1. The highest BCUT2D eigenvalue weighted by molar-refractivity contribution is 9.10. The van der Waals surface area contributed by atoms with Gasteiger partial charge in [-0.2, -0.15) is 0 Å². The summed E-state index contributed by atoms with van der Waals surface area (Å²) < 4.78 is 11.9. The molecule has 0 aromatic heterocycles. The van der Waals surface area contributed by atoms with E-state index in [1.54, 1.807) is 6.07 Å². The van der Waals surface area contributed by atoms with Gasteiger partial charge in [0.05, 0.1) is 12.2 Å². The number of fused-ring (bicyclic) bond motifs is 1. The van der Waals surface area contributed by atoms with E-state index in [0.717, 1.165) is 42.2 Å². The third-order valence-corrected chi connectivity index (χ3v) is 5.97. The first-order valence-corrected chi connectivity index (χ1v) is 10.8. The second kappa shape index (κ2) is 9.34. The Balaban J connectivity index is 1.26. The van der Waals surface area contributed by atoms with Crippen LogP contribution in [-0.4, -0.2) is 61.6 Å². The van der Waals surface area contributed by atoms with Gasteiger partial charge in [0.2, 0.25) is 5.91 Å². The van der Waals surface area contributed by atoms with Gasteiger partial charge in [0, 0.05) is 54.4 Å². The second-order valence-corrected chi connectivity index (χ2v) is 8.49. The van der Waals surface area contributed by atoms with Crippen molar-refractivity contribution in [1.29, 1.82) is 0 Å². The number of nitrogens with zero attached hydrogens (tertiary/aromatic N) is 2. The molecular formula is C21H23BrClN3O3. The predicted octanol–water partition coefficient (Wildman–Crippen LogP) is 3.63. The van der Waals surface area contributed by atoms with E-state index < -0.39 is 0 Å². The Labute approximate surface area is 183 Å². The van der Waals surface area contributed by atoms with E-state index in [0.29, 0.717) is 36.9 Å². The van der Waals surface area contributed by atoms with E-state index in [1.807, 2.05) is 18.2 Å². The van der Waals surface area contributed by atoms with Gasteiger partial charge in [-0.15, -0.1) is 0 Å². The van der Waals surface area contributed by atoms with Crippen LogP contribution in [0.4, 0.5) is 5.69 Å². The summed E-state index contributed by atoms with van der Waals surface area (Å²) in [4.78, 5) is 17.1. The third-order valence-electron chi connectivity index (χ3n) is 5.06. The Hall–Kier alpha value is -1.80. The lowest BCUT2D eigenvalue weighted by Crippen LogP contribution is -2.48. The lowest BCUT2D eigenvalue weighted by Gasteiger charge is -2.34. The maximum atomic E-state index is 12.5. The minimum absolute atomic E-state index is 0.0338. The molecule has 0 aliphatic carbocycles. The molecule has 1 fully saturated rings. The normalized spacial score (nSPS) is 17.2. The molecule has 2 aromatic rings. The van der Waals surface area contributed by atoms with Crippen LogP contribution >= 0.6 is 27.5 Å². The number of piperazine rings is 1. The molecule has 2 aliphatic heterocycles. The van der Waals surface area contributed by atoms with Crippen LogP contribution in [0.3, 0.4) is 0 Å². The van der Waals surface area contributed by atoms with Crippen LogP contribution in [0.1, 0.15) is 5.56 Å². The molecule has 2 aromatic carbocycles. The minimum atomic E-state index is -0.0338. The highest BCUT2D eigenvalue weighted by Crippen LogP contribution is 2.38. The summed E-state index contributed by atoms with van der Waals surface area (Å²) in [6.07, 6.45) is 0. The molecular weight excluding hydrogens is 458 g/mol. The number of halogens is 2. The lowest BCUT2D eigenvalue weighted by atomic mass is 10.2. The first kappa shape index (κ1) is 20.5. The number of hydrogen-bond acceptors (Lipinski definition) is 5. The van der Waals surface area contributed by atoms with Crippen LogP contribution in [0.5, 0.6) is 11.5 Å². The molecule has 1 saturated heterocycles. The molecule has 1 amide bonds. The number of amides is 1. The van der Waals surface area contributed by atoms with E-state index in [1.165, 1.54) is 5.56 Å². The molecule has 0 radical (unpaired) electrons. The average Bonchev–Trinajstić information content (AvgIpc) is 2.72. The summed E-state index contributed by atoms with van der Waals surface area (Å²) in [7, 11) is 0. The maximum Gasteiger partial charge on any atom is 0.238 e. The molecule has 29 heavy (non-hydrogen) atoms. The van der Waals surface area contributed by atoms with Crippen LogP contribution in [0.25, 0.3) is 0 Å². The smallest absolute Gasteiger partial charge is 0.238 e. The Morgan fingerprint density at radius 2 is 1.62 bits per heavy atom. The third kappa shape index (κ3) is 5.42. The van der Waals surface area contributed by atoms with Crippen LogP contribution in [0, 0.1) is 0 Å². The van der Waals surface area contributed by atoms with E-state index >= 15 is 0 Å². The standard InChI is InChI=1S/C21H23BrClN3O3/c22-17-11-19-20(29-10-9-28-19)12-18(17)24-21(27)14-26-7-5-25(6-8-26)13-15-1-3-16(23)4-2-15/h1-4,11-12H,5-10,13-14H2,(H,24,27). The van der Waals surface area contributed by atoms with Gasteiger partial charge in [-0.3, -0.25) is 14.6 Å². The van der Waals surface area contributed by atoms with E-state index in [9.17, 15) is 4.79 Å². The molecule has 2 aliphatic rings. The summed E-state index contributed by atoms with van der Waals surface area (Å²) in [5.74, 6) is 1.32. The molecule has 1 N–H and O–H groups in total. The van der Waals surface area contributed by atoms with Crippen molar-refractivity contribution in [3.8, 4) is 11.5 Å². The van der Waals surface area contributed by atoms with Crippen molar-refractivity contribution >= 4 is 39.1 Å². The molecule has 0 saturated carbocycles. The van der Waals surface area contributed by atoms with Crippen molar-refractivity contribution in [3.05, 3.63) is 51.5 Å². The SMILES string of the molecule is O=C(CN1CCN(Cc2ccc(Cl)cc2)CC1)Nc1cc2c(cc1Br)OCCO2. The van der Waals surface area contributed by atoms with Crippen LogP contribution < -0.4 is 14.8 Å². The molecule has 0 unspecified atom stereocenters. The molecule has 0 bridgehead atoms. The average molecular weight is 481 g/mol. The van der Waals surface area contributed by atoms with Gasteiger partial charge < -0.3 is 14.8 Å². The number of carbonyl (C=O) groups excluding carboxylic acids is 1. The summed E-state index contributed by atoms with van der Waals surface area (Å²) in [5.41, 5.74) is 1.95. The number of rotatable bonds is 5. The molecule has 6 nitrogen and oxygen atoms in total. The fourth-order valence-corrected chi connectivity index (χ4v) is 4.05. The van der Waals surface area contributed by atoms with Gasteiger partial charge in [-0.25, -0.2) is 0 Å². The van der Waals surface area contributed by atoms with Gasteiger partial charge >= 0.3 is 0 Å². The monoisotopic (exact) mass is 479 g/mol. The Morgan fingerprint density at radius 1 is 1.00 bits per heavy atom. The molecule has 0 spiro atoms. The van der Waals surface area contributed by atoms with Gasteiger partial charge in [0.25, 0.3) is 0 Å². The number of carbonyl (C=O) groups is 1. The van der Waals surface area contributed by atoms with E-state index in [-0.39, 0.29) is 5.91 Å². The van der Waals surface area contributed by atoms with Gasteiger partial charge in [0.1, 0.15) is 13.2 Å². The summed E-state index contributed by atoms with van der Waals surface area (Å²) in [6, 6.07) is 11.6. The van der Waals surface area contributed by atoms with Crippen LogP contribution in [0.15, 0.2) is 40.9 Å². The zero-order chi connectivity index (χ0) is 20.2. The van der Waals surface area contributed by atoms with Crippen LogP contribution in [-0.2, 0) is 11.3 Å². The van der Waals surface area contributed by atoms with Crippen molar-refractivity contribution in [3.63, 3.8) is 0 Å². The number of ether oxygens (including phenoxy) is 2. The fourth-order valence-electron chi connectivity index (χ4n) is 3.51. The Morgan fingerprint density at radius 3 is 2.31 bits per heavy atom. The Kier molecular flexibility index (Phi) is 6.60. The lowest BCUT2D eigenvalue weighted by molar-refractivity contribution is -0.117. The Bertz CT molecular complexity index is 870. The maximum absolute atomic E-state index is 12.5. The zero-order valence-electron chi connectivity index (χ0n) is 16.0. The molecule has 154 valence electrons. The van der Waals surface area contributed by atoms with Gasteiger partial charge in [0.15, 0.2) is 11.5 Å². The minimum Gasteiger partial charge on any atom is -0.486 e. The van der Waals surface area contributed by atoms with Crippen LogP contribution in [0.2, 0.25) is 5.02 Å². The van der Waals surface area contributed by atoms with Crippen molar-refractivity contribution in [2.24, 2.45) is 0 Å². The number of anilines is 1. The largest absolute Gasteiger partial charge is 0.486 e. The molecule has 0 atom stereocenters. The molecule has 2 heterocycles. The number of benzene rings is 2. The van der Waals surface area contributed by atoms with Crippen molar-refractivity contribution < 1.29 is 14.3 Å². The topological polar surface area (TPSA) is 54.0 Å². The van der Waals surface area contributed by atoms with Crippen molar-refractivity contribution in [2.45, 2.75) is 6.54 Å². The molecule has 8 heteroatoms. The quantitative estimate of drug-likeness (QED) is 0.708. The predicted molar refractivity (Wildman–Crippen MR) is 117 cm³/mol. The first-order chi connectivity index (χ1) is 14.1. The number of hydrogen-bond donors (Lipinski definition) is 1. The highest BCUT2D eigenvalue weighted by Gasteiger charge is 2.20. The van der Waals surface area contributed by atoms with E-state index in [2.05, 4.69) is 43.2 Å². The van der Waals surface area contributed by atoms with Gasteiger partial charge in [-0.05, 0) is 33.6 Å². The summed E-state index contributed by atoms with van der Waals surface area (Å²) in [5, 5.41) is 3.73. The summed E-state index contributed by atoms with van der Waals surface area (Å²) in [6.45, 7) is 5.92. The summed E-state index contributed by atoms with van der Waals surface area (Å²) >= 11 is 9.44. The van der Waals surface area contributed by atoms with Crippen molar-refractivity contribution in [2.75, 3.05) is 51.3 Å². The molecule has 4 rings (SSSR count). The highest BCUT2D eigenvalue weighted by atomic mass is 79.9. The van der Waals surface area contributed by atoms with E-state index in [4.69, 9.17) is 21.1 Å². The second-order valence-electron chi connectivity index (χ2n) is 7.20. The van der Waals surface area contributed by atoms with Crippen molar-refractivity contribution in [1.82, 2.24) is 9.80 Å². The van der Waals surface area contributed by atoms with Gasteiger partial charge in [-0.1, -0.05) is 23.7 Å².